The van der Waals surface area contributed by atoms with Gasteiger partial charge in [0.1, 0.15) is 6.61 Å². The molecule has 2 saturated heterocycles. The van der Waals surface area contributed by atoms with Gasteiger partial charge in [-0.25, -0.2) is 4.79 Å². The van der Waals surface area contributed by atoms with Crippen molar-refractivity contribution in [1.82, 2.24) is 10.2 Å². The van der Waals surface area contributed by atoms with Gasteiger partial charge < -0.3 is 29.9 Å². The Morgan fingerprint density at radius 3 is 2.31 bits per heavy atom. The zero-order valence-electron chi connectivity index (χ0n) is 19.1. The molecular weight excluding hydrogens is 452 g/mol. The number of hydrogen-bond acceptors (Lipinski definition) is 6. The van der Waals surface area contributed by atoms with E-state index >= 15 is 0 Å². The minimum atomic E-state index is -1.04. The summed E-state index contributed by atoms with van der Waals surface area (Å²) in [6.07, 6.45) is -1.42. The van der Waals surface area contributed by atoms with Crippen molar-refractivity contribution in [3.63, 3.8) is 0 Å². The highest BCUT2D eigenvalue weighted by Crippen LogP contribution is 2.44. The second kappa shape index (κ2) is 9.67. The Labute approximate surface area is 202 Å². The van der Waals surface area contributed by atoms with E-state index in [0.717, 1.165) is 22.3 Å². The van der Waals surface area contributed by atoms with Crippen LogP contribution in [0.1, 0.15) is 23.5 Å². The number of carbonyl (C=O) groups excluding carboxylic acids is 2. The number of aliphatic hydroxyl groups is 1. The molecule has 0 radical (unpaired) electrons. The number of carbonyl (C=O) groups is 3. The van der Waals surface area contributed by atoms with Crippen LogP contribution >= 0.6 is 0 Å². The molecule has 2 amide bonds. The van der Waals surface area contributed by atoms with E-state index < -0.39 is 36.0 Å². The van der Waals surface area contributed by atoms with E-state index in [0.29, 0.717) is 0 Å². The SMILES string of the molecule is O=C(NC1COCC1C(=O)N1CC(O)CC(C(=O)O)C1)OCC1c2ccccc2-c2ccccc21. The van der Waals surface area contributed by atoms with Gasteiger partial charge in [0.05, 0.1) is 37.2 Å². The summed E-state index contributed by atoms with van der Waals surface area (Å²) in [5, 5.41) is 22.1. The van der Waals surface area contributed by atoms with Gasteiger partial charge in [0.2, 0.25) is 5.91 Å². The molecule has 2 aromatic rings. The molecule has 9 heteroatoms. The second-order valence-corrected chi connectivity index (χ2v) is 9.39. The Balaban J connectivity index is 1.21. The lowest BCUT2D eigenvalue weighted by atomic mass is 9.93. The van der Waals surface area contributed by atoms with Crippen LogP contribution in [0.25, 0.3) is 11.1 Å². The lowest BCUT2D eigenvalue weighted by Gasteiger charge is -2.36. The number of alkyl carbamates (subject to hydrolysis) is 1. The number of aliphatic hydroxyl groups excluding tert-OH is 1. The zero-order valence-corrected chi connectivity index (χ0v) is 19.1. The average Bonchev–Trinajstić information content (AvgIpc) is 3.44. The summed E-state index contributed by atoms with van der Waals surface area (Å²) in [6, 6.07) is 15.5. The number of benzene rings is 2. The number of ether oxygens (including phenoxy) is 2. The number of carboxylic acids is 1. The van der Waals surface area contributed by atoms with Crippen LogP contribution in [0.2, 0.25) is 0 Å². The fourth-order valence-corrected chi connectivity index (χ4v) is 5.40. The van der Waals surface area contributed by atoms with Gasteiger partial charge >= 0.3 is 12.1 Å². The highest BCUT2D eigenvalue weighted by Gasteiger charge is 2.41. The van der Waals surface area contributed by atoms with Gasteiger partial charge in [-0.15, -0.1) is 0 Å². The maximum Gasteiger partial charge on any atom is 0.407 e. The van der Waals surface area contributed by atoms with Crippen molar-refractivity contribution in [3.8, 4) is 11.1 Å². The van der Waals surface area contributed by atoms with Gasteiger partial charge in [-0.3, -0.25) is 9.59 Å². The van der Waals surface area contributed by atoms with Gasteiger partial charge in [-0.2, -0.15) is 0 Å². The van der Waals surface area contributed by atoms with Crippen LogP contribution in [-0.4, -0.2) is 78.1 Å². The van der Waals surface area contributed by atoms with Crippen molar-refractivity contribution in [1.29, 1.82) is 0 Å². The van der Waals surface area contributed by atoms with Gasteiger partial charge in [-0.05, 0) is 28.7 Å². The summed E-state index contributed by atoms with van der Waals surface area (Å²) >= 11 is 0. The number of piperidine rings is 1. The van der Waals surface area contributed by atoms with Gasteiger partial charge in [0.15, 0.2) is 0 Å². The summed E-state index contributed by atoms with van der Waals surface area (Å²) in [7, 11) is 0. The molecular formula is C26H28N2O7. The standard InChI is InChI=1S/C26H28N2O7/c29-16-9-15(25(31)32)10-28(11-16)24(30)22-12-34-14-23(22)27-26(33)35-13-21-19-7-3-1-5-17(19)18-6-2-4-8-20(18)21/h1-8,15-16,21-23,29H,9-14H2,(H,27,33)(H,31,32). The minimum absolute atomic E-state index is 0.0272. The number of fused-ring (bicyclic) bond motifs is 3. The maximum absolute atomic E-state index is 13.1. The summed E-state index contributed by atoms with van der Waals surface area (Å²) in [4.78, 5) is 38.5. The third-order valence-electron chi connectivity index (χ3n) is 7.13. The van der Waals surface area contributed by atoms with Crippen molar-refractivity contribution in [2.75, 3.05) is 32.9 Å². The van der Waals surface area contributed by atoms with Gasteiger partial charge in [-0.1, -0.05) is 48.5 Å². The molecule has 0 aromatic heterocycles. The van der Waals surface area contributed by atoms with E-state index in [1.54, 1.807) is 0 Å². The Bertz CT molecular complexity index is 1090. The topological polar surface area (TPSA) is 125 Å². The first-order chi connectivity index (χ1) is 16.9. The second-order valence-electron chi connectivity index (χ2n) is 9.39. The molecule has 2 fully saturated rings. The first kappa shape index (κ1) is 23.3. The van der Waals surface area contributed by atoms with E-state index in [1.807, 2.05) is 36.4 Å². The molecule has 2 aromatic carbocycles. The van der Waals surface area contributed by atoms with Crippen LogP contribution in [0.5, 0.6) is 0 Å². The number of carboxylic acid groups (broad SMARTS) is 1. The molecule has 0 spiro atoms. The van der Waals surface area contributed by atoms with E-state index in [1.165, 1.54) is 4.90 Å². The number of aliphatic carboxylic acids is 1. The van der Waals surface area contributed by atoms with Gasteiger partial charge in [0.25, 0.3) is 0 Å². The van der Waals surface area contributed by atoms with Crippen LogP contribution in [0, 0.1) is 11.8 Å². The molecule has 3 N–H and O–H groups in total. The Hall–Kier alpha value is -3.43. The number of β-amino-alcohol motifs (C(OH)–C–C–N with tert-alkyl or cyclic N) is 1. The van der Waals surface area contributed by atoms with E-state index in [-0.39, 0.29) is 51.2 Å². The summed E-state index contributed by atoms with van der Waals surface area (Å²) in [6.45, 7) is 0.512. The molecule has 9 nitrogen and oxygen atoms in total. The maximum atomic E-state index is 13.1. The summed E-state index contributed by atoms with van der Waals surface area (Å²) in [5.41, 5.74) is 4.48. The number of hydrogen-bond donors (Lipinski definition) is 3. The molecule has 5 rings (SSSR count). The van der Waals surface area contributed by atoms with Crippen molar-refractivity contribution in [2.45, 2.75) is 24.5 Å². The van der Waals surface area contributed by atoms with Crippen LogP contribution < -0.4 is 5.32 Å². The summed E-state index contributed by atoms with van der Waals surface area (Å²) in [5.74, 6) is -2.95. The fourth-order valence-electron chi connectivity index (χ4n) is 5.40. The minimum Gasteiger partial charge on any atom is -0.481 e. The normalized spacial score (nSPS) is 25.6. The quantitative estimate of drug-likeness (QED) is 0.596. The highest BCUT2D eigenvalue weighted by atomic mass is 16.5. The highest BCUT2D eigenvalue weighted by molar-refractivity contribution is 5.82. The Morgan fingerprint density at radius 2 is 1.66 bits per heavy atom. The van der Waals surface area contributed by atoms with E-state index in [2.05, 4.69) is 17.4 Å². The lowest BCUT2D eigenvalue weighted by Crippen LogP contribution is -2.53. The summed E-state index contributed by atoms with van der Waals surface area (Å²) < 4.78 is 11.1. The lowest BCUT2D eigenvalue weighted by molar-refractivity contribution is -0.150. The van der Waals surface area contributed by atoms with Crippen LogP contribution in [-0.2, 0) is 19.1 Å². The molecule has 35 heavy (non-hydrogen) atoms. The molecule has 184 valence electrons. The van der Waals surface area contributed by atoms with Crippen molar-refractivity contribution in [3.05, 3.63) is 59.7 Å². The molecule has 4 atom stereocenters. The molecule has 3 aliphatic rings. The van der Waals surface area contributed by atoms with E-state index in [9.17, 15) is 24.6 Å². The molecule has 4 unspecified atom stereocenters. The molecule has 1 aliphatic carbocycles. The Kier molecular flexibility index (Phi) is 6.44. The number of nitrogens with zero attached hydrogens (tertiary/aromatic N) is 1. The molecule has 2 heterocycles. The largest absolute Gasteiger partial charge is 0.481 e. The first-order valence-electron chi connectivity index (χ1n) is 11.8. The third-order valence-corrected chi connectivity index (χ3v) is 7.13. The number of rotatable bonds is 5. The number of amides is 2. The predicted molar refractivity (Wildman–Crippen MR) is 125 cm³/mol. The van der Waals surface area contributed by atoms with Crippen molar-refractivity contribution < 1.29 is 34.1 Å². The van der Waals surface area contributed by atoms with Crippen LogP contribution in [0.15, 0.2) is 48.5 Å². The first-order valence-corrected chi connectivity index (χ1v) is 11.8. The average molecular weight is 481 g/mol. The van der Waals surface area contributed by atoms with E-state index in [4.69, 9.17) is 9.47 Å². The van der Waals surface area contributed by atoms with Crippen LogP contribution in [0.3, 0.4) is 0 Å². The van der Waals surface area contributed by atoms with Crippen molar-refractivity contribution in [2.24, 2.45) is 11.8 Å². The third kappa shape index (κ3) is 4.61. The Morgan fingerprint density at radius 1 is 1.00 bits per heavy atom. The number of nitrogens with one attached hydrogen (secondary N) is 1. The van der Waals surface area contributed by atoms with Crippen LogP contribution in [0.4, 0.5) is 4.79 Å². The fraction of sp³-hybridized carbons (Fsp3) is 0.423. The predicted octanol–water partition coefficient (Wildman–Crippen LogP) is 1.83. The smallest absolute Gasteiger partial charge is 0.407 e. The molecule has 0 saturated carbocycles. The monoisotopic (exact) mass is 480 g/mol. The zero-order chi connectivity index (χ0) is 24.5. The van der Waals surface area contributed by atoms with Gasteiger partial charge in [0, 0.05) is 19.0 Å². The molecule has 0 bridgehead atoms. The number of likely N-dealkylation sites (tertiary alicyclic amines) is 1. The molecule has 2 aliphatic heterocycles. The van der Waals surface area contributed by atoms with Crippen molar-refractivity contribution >= 4 is 18.0 Å².